The summed E-state index contributed by atoms with van der Waals surface area (Å²) in [6, 6.07) is 4.08. The van der Waals surface area contributed by atoms with E-state index < -0.39 is 16.6 Å². The Hall–Kier alpha value is -1.23. The van der Waals surface area contributed by atoms with Crippen molar-refractivity contribution in [1.29, 1.82) is 0 Å². The summed E-state index contributed by atoms with van der Waals surface area (Å²) in [7, 11) is 0.214. The second-order valence-corrected chi connectivity index (χ2v) is 6.68. The van der Waals surface area contributed by atoms with Crippen LogP contribution in [0.25, 0.3) is 0 Å². The van der Waals surface area contributed by atoms with Crippen LogP contribution in [0.4, 0.5) is 4.39 Å². The third-order valence-corrected chi connectivity index (χ3v) is 5.09. The van der Waals surface area contributed by atoms with Gasteiger partial charge in [-0.15, -0.1) is 0 Å². The van der Waals surface area contributed by atoms with Crippen LogP contribution in [0.2, 0.25) is 0 Å². The molecule has 0 radical (unpaired) electrons. The summed E-state index contributed by atoms with van der Waals surface area (Å²) in [6.45, 7) is 0. The Morgan fingerprint density at radius 2 is 2.10 bits per heavy atom. The first-order chi connectivity index (χ1) is 9.60. The van der Waals surface area contributed by atoms with E-state index in [1.165, 1.54) is 32.1 Å². The zero-order valence-electron chi connectivity index (χ0n) is 11.6. The number of hydrogen-bond acceptors (Lipinski definition) is 3. The average molecular weight is 298 g/mol. The van der Waals surface area contributed by atoms with Crippen LogP contribution >= 0.6 is 0 Å². The summed E-state index contributed by atoms with van der Waals surface area (Å²) < 4.78 is 30.3. The van der Waals surface area contributed by atoms with E-state index in [1.807, 2.05) is 0 Å². The van der Waals surface area contributed by atoms with Crippen molar-refractivity contribution >= 4 is 16.6 Å². The number of rotatable bonds is 6. The van der Waals surface area contributed by atoms with Crippen molar-refractivity contribution in [3.8, 4) is 5.75 Å². The Bertz CT molecular complexity index is 510. The van der Waals surface area contributed by atoms with Crippen molar-refractivity contribution in [3.05, 3.63) is 29.6 Å². The van der Waals surface area contributed by atoms with Crippen LogP contribution < -0.4 is 4.74 Å². The second kappa shape index (κ2) is 6.97. The Balaban J connectivity index is 1.93. The van der Waals surface area contributed by atoms with E-state index >= 15 is 0 Å². The molecule has 1 fully saturated rings. The number of carbonyl (C=O) groups excluding carboxylic acids is 1. The normalized spacial score (nSPS) is 17.1. The SMILES string of the molecule is COc1ccc(C(=O)CS(=O)CC2CCCC2)cc1F. The maximum absolute atomic E-state index is 13.5. The third kappa shape index (κ3) is 3.88. The molecule has 3 nitrogen and oxygen atoms in total. The van der Waals surface area contributed by atoms with Crippen molar-refractivity contribution in [2.45, 2.75) is 25.7 Å². The minimum Gasteiger partial charge on any atom is -0.494 e. The minimum atomic E-state index is -1.16. The molecule has 0 spiro atoms. The van der Waals surface area contributed by atoms with Gasteiger partial charge in [0.05, 0.1) is 12.9 Å². The van der Waals surface area contributed by atoms with Crippen LogP contribution in [0.1, 0.15) is 36.0 Å². The summed E-state index contributed by atoms with van der Waals surface area (Å²) in [5, 5.41) is 0. The maximum Gasteiger partial charge on any atom is 0.175 e. The van der Waals surface area contributed by atoms with Gasteiger partial charge in [-0.1, -0.05) is 12.8 Å². The van der Waals surface area contributed by atoms with Gasteiger partial charge in [0.1, 0.15) is 0 Å². The van der Waals surface area contributed by atoms with Crippen LogP contribution in [0, 0.1) is 11.7 Å². The average Bonchev–Trinajstić information content (AvgIpc) is 2.91. The van der Waals surface area contributed by atoms with E-state index in [-0.39, 0.29) is 22.8 Å². The largest absolute Gasteiger partial charge is 0.494 e. The fourth-order valence-corrected chi connectivity index (χ4v) is 4.00. The molecule has 2 rings (SSSR count). The third-order valence-electron chi connectivity index (χ3n) is 3.66. The summed E-state index contributed by atoms with van der Waals surface area (Å²) in [6.07, 6.45) is 4.60. The Morgan fingerprint density at radius 3 is 2.70 bits per heavy atom. The van der Waals surface area contributed by atoms with E-state index in [1.54, 1.807) is 0 Å². The van der Waals surface area contributed by atoms with Gasteiger partial charge in [0.2, 0.25) is 0 Å². The highest BCUT2D eigenvalue weighted by Crippen LogP contribution is 2.25. The van der Waals surface area contributed by atoms with Gasteiger partial charge < -0.3 is 4.74 Å². The van der Waals surface area contributed by atoms with Crippen molar-refractivity contribution in [1.82, 2.24) is 0 Å². The molecular weight excluding hydrogens is 279 g/mol. The molecule has 1 saturated carbocycles. The minimum absolute atomic E-state index is 0.0255. The van der Waals surface area contributed by atoms with Crippen molar-refractivity contribution in [2.24, 2.45) is 5.92 Å². The van der Waals surface area contributed by atoms with E-state index in [9.17, 15) is 13.4 Å². The van der Waals surface area contributed by atoms with E-state index in [2.05, 4.69) is 0 Å². The molecule has 0 saturated heterocycles. The van der Waals surface area contributed by atoms with Gasteiger partial charge in [-0.25, -0.2) is 4.39 Å². The number of ether oxygens (including phenoxy) is 1. The molecular formula is C15H19FO3S. The van der Waals surface area contributed by atoms with Crippen molar-refractivity contribution < 1.29 is 18.1 Å². The molecule has 0 heterocycles. The first-order valence-electron chi connectivity index (χ1n) is 6.82. The van der Waals surface area contributed by atoms with Gasteiger partial charge in [-0.05, 0) is 37.0 Å². The molecule has 1 aliphatic rings. The standard InChI is InChI=1S/C15H19FO3S/c1-19-15-7-6-12(8-13(15)16)14(17)10-20(18)9-11-4-2-3-5-11/h6-8,11H,2-5,9-10H2,1H3. The number of carbonyl (C=O) groups is 1. The lowest BCUT2D eigenvalue weighted by molar-refractivity contribution is 0.102. The number of Topliss-reactive ketones (excluding diaryl/α,β-unsaturated/α-hetero) is 1. The molecule has 0 aliphatic heterocycles. The van der Waals surface area contributed by atoms with Gasteiger partial charge in [0.25, 0.3) is 0 Å². The quantitative estimate of drug-likeness (QED) is 0.758. The van der Waals surface area contributed by atoms with Crippen molar-refractivity contribution in [3.63, 3.8) is 0 Å². The van der Waals surface area contributed by atoms with Gasteiger partial charge in [0, 0.05) is 22.1 Å². The van der Waals surface area contributed by atoms with Crippen LogP contribution in [-0.2, 0) is 10.8 Å². The molecule has 1 aromatic rings. The van der Waals surface area contributed by atoms with E-state index in [0.29, 0.717) is 11.7 Å². The summed E-state index contributed by atoms with van der Waals surface area (Å²) >= 11 is 0. The zero-order chi connectivity index (χ0) is 14.5. The van der Waals surface area contributed by atoms with Crippen LogP contribution in [0.5, 0.6) is 5.75 Å². The number of hydrogen-bond donors (Lipinski definition) is 0. The lowest BCUT2D eigenvalue weighted by Gasteiger charge is -2.08. The van der Waals surface area contributed by atoms with Crippen LogP contribution in [-0.4, -0.2) is 28.6 Å². The molecule has 0 N–H and O–H groups in total. The number of benzene rings is 1. The predicted molar refractivity (Wildman–Crippen MR) is 77.1 cm³/mol. The Labute approximate surface area is 121 Å². The molecule has 20 heavy (non-hydrogen) atoms. The van der Waals surface area contributed by atoms with Crippen molar-refractivity contribution in [2.75, 3.05) is 18.6 Å². The van der Waals surface area contributed by atoms with Gasteiger partial charge in [0.15, 0.2) is 17.3 Å². The number of methoxy groups -OCH3 is 1. The van der Waals surface area contributed by atoms with Crippen LogP contribution in [0.3, 0.4) is 0 Å². The highest BCUT2D eigenvalue weighted by molar-refractivity contribution is 7.85. The lowest BCUT2D eigenvalue weighted by atomic mass is 10.1. The molecule has 1 atom stereocenters. The molecule has 1 aliphatic carbocycles. The van der Waals surface area contributed by atoms with Gasteiger partial charge >= 0.3 is 0 Å². The smallest absolute Gasteiger partial charge is 0.175 e. The monoisotopic (exact) mass is 298 g/mol. The number of ketones is 1. The van der Waals surface area contributed by atoms with Gasteiger partial charge in [-0.2, -0.15) is 0 Å². The molecule has 5 heteroatoms. The summed E-state index contributed by atoms with van der Waals surface area (Å²) in [5.41, 5.74) is 0.253. The highest BCUT2D eigenvalue weighted by Gasteiger charge is 2.20. The molecule has 1 unspecified atom stereocenters. The molecule has 110 valence electrons. The van der Waals surface area contributed by atoms with E-state index in [4.69, 9.17) is 4.74 Å². The topological polar surface area (TPSA) is 43.4 Å². The zero-order valence-corrected chi connectivity index (χ0v) is 12.4. The van der Waals surface area contributed by atoms with E-state index in [0.717, 1.165) is 18.9 Å². The fourth-order valence-electron chi connectivity index (χ4n) is 2.57. The molecule has 0 amide bonds. The van der Waals surface area contributed by atoms with Gasteiger partial charge in [-0.3, -0.25) is 9.00 Å². The molecule has 0 bridgehead atoms. The highest BCUT2D eigenvalue weighted by atomic mass is 32.2. The fraction of sp³-hybridized carbons (Fsp3) is 0.533. The maximum atomic E-state index is 13.5. The Kier molecular flexibility index (Phi) is 5.29. The number of halogens is 1. The first kappa shape index (κ1) is 15.2. The molecule has 1 aromatic carbocycles. The second-order valence-electron chi connectivity index (χ2n) is 5.17. The summed E-state index contributed by atoms with van der Waals surface area (Å²) in [5.74, 6) is 0.305. The predicted octanol–water partition coefficient (Wildman–Crippen LogP) is 2.96. The molecule has 0 aromatic heterocycles. The Morgan fingerprint density at radius 1 is 1.40 bits per heavy atom. The van der Waals surface area contributed by atoms with Crippen LogP contribution in [0.15, 0.2) is 18.2 Å². The first-order valence-corrected chi connectivity index (χ1v) is 8.30. The summed E-state index contributed by atoms with van der Waals surface area (Å²) in [4.78, 5) is 12.0. The lowest BCUT2D eigenvalue weighted by Crippen LogP contribution is -2.17.